The molecule has 0 bridgehead atoms. The van der Waals surface area contributed by atoms with E-state index in [1.165, 1.54) is 26.4 Å². The van der Waals surface area contributed by atoms with Crippen LogP contribution in [0.1, 0.15) is 29.6 Å². The molecule has 5 heteroatoms. The van der Waals surface area contributed by atoms with Crippen LogP contribution >= 0.6 is 0 Å². The monoisotopic (exact) mass is 261 g/mol. The average Bonchev–Trinajstić information content (AvgIpc) is 2.99. The minimum Gasteiger partial charge on any atom is -0.465 e. The Labute approximate surface area is 112 Å². The fraction of sp³-hybridized carbons (Fsp3) is 0.571. The van der Waals surface area contributed by atoms with Gasteiger partial charge in [-0.2, -0.15) is 0 Å². The number of hydrogen-bond donors (Lipinski definition) is 1. The van der Waals surface area contributed by atoms with E-state index in [2.05, 4.69) is 9.88 Å². The van der Waals surface area contributed by atoms with Gasteiger partial charge in [-0.05, 0) is 30.7 Å². The minimum absolute atomic E-state index is 0.370. The lowest BCUT2D eigenvalue weighted by atomic mass is 10.0. The van der Waals surface area contributed by atoms with Crippen molar-refractivity contribution in [3.05, 3.63) is 17.8 Å². The molecule has 1 aliphatic heterocycles. The summed E-state index contributed by atoms with van der Waals surface area (Å²) >= 11 is 0. The number of pyridine rings is 1. The number of nitrogens with two attached hydrogens (primary N) is 1. The second-order valence-electron chi connectivity index (χ2n) is 5.48. The van der Waals surface area contributed by atoms with Gasteiger partial charge >= 0.3 is 5.97 Å². The highest BCUT2D eigenvalue weighted by Crippen LogP contribution is 2.39. The quantitative estimate of drug-likeness (QED) is 0.820. The standard InChI is InChI=1S/C14H19N3O2/c1-19-14(18)11-5-13(16-6-12(11)15)17-7-9-3-2-4-10(9)8-17/h5-6,9-10H,2-4,7-8,15H2,1H3. The summed E-state index contributed by atoms with van der Waals surface area (Å²) in [5.41, 5.74) is 6.55. The van der Waals surface area contributed by atoms with Crippen LogP contribution in [0.5, 0.6) is 0 Å². The van der Waals surface area contributed by atoms with Crippen molar-refractivity contribution in [2.75, 3.05) is 30.8 Å². The molecule has 102 valence electrons. The number of fused-ring (bicyclic) bond motifs is 1. The van der Waals surface area contributed by atoms with Crippen LogP contribution in [0, 0.1) is 11.8 Å². The van der Waals surface area contributed by atoms with Crippen molar-refractivity contribution in [2.24, 2.45) is 11.8 Å². The zero-order valence-electron chi connectivity index (χ0n) is 11.1. The molecule has 3 rings (SSSR count). The van der Waals surface area contributed by atoms with E-state index < -0.39 is 5.97 Å². The van der Waals surface area contributed by atoms with Gasteiger partial charge in [0.2, 0.25) is 0 Å². The van der Waals surface area contributed by atoms with Crippen LogP contribution in [0.2, 0.25) is 0 Å². The second kappa shape index (κ2) is 4.72. The van der Waals surface area contributed by atoms with Gasteiger partial charge in [-0.3, -0.25) is 0 Å². The van der Waals surface area contributed by atoms with Crippen LogP contribution in [0.25, 0.3) is 0 Å². The van der Waals surface area contributed by atoms with Gasteiger partial charge in [-0.25, -0.2) is 9.78 Å². The van der Waals surface area contributed by atoms with Crippen molar-refractivity contribution >= 4 is 17.5 Å². The van der Waals surface area contributed by atoms with Gasteiger partial charge < -0.3 is 15.4 Å². The number of rotatable bonds is 2. The first-order valence-corrected chi connectivity index (χ1v) is 6.78. The maximum Gasteiger partial charge on any atom is 0.340 e. The van der Waals surface area contributed by atoms with E-state index in [1.807, 2.05) is 0 Å². The van der Waals surface area contributed by atoms with E-state index in [0.29, 0.717) is 11.3 Å². The zero-order valence-corrected chi connectivity index (χ0v) is 11.1. The highest BCUT2D eigenvalue weighted by Gasteiger charge is 2.36. The molecule has 0 aromatic carbocycles. The summed E-state index contributed by atoms with van der Waals surface area (Å²) in [5.74, 6) is 2.02. The number of hydrogen-bond acceptors (Lipinski definition) is 5. The molecule has 2 heterocycles. The van der Waals surface area contributed by atoms with Gasteiger partial charge in [-0.15, -0.1) is 0 Å². The maximum atomic E-state index is 11.6. The van der Waals surface area contributed by atoms with Crippen molar-refractivity contribution in [1.82, 2.24) is 4.98 Å². The van der Waals surface area contributed by atoms with Crippen molar-refractivity contribution < 1.29 is 9.53 Å². The van der Waals surface area contributed by atoms with Crippen molar-refractivity contribution in [2.45, 2.75) is 19.3 Å². The largest absolute Gasteiger partial charge is 0.465 e. The zero-order chi connectivity index (χ0) is 13.4. The Balaban J connectivity index is 1.84. The van der Waals surface area contributed by atoms with Gasteiger partial charge in [0.25, 0.3) is 0 Å². The number of nitrogens with zero attached hydrogens (tertiary/aromatic N) is 2. The Morgan fingerprint density at radius 1 is 1.42 bits per heavy atom. The molecule has 0 radical (unpaired) electrons. The van der Waals surface area contributed by atoms with Crippen LogP contribution in [0.3, 0.4) is 0 Å². The molecule has 1 saturated carbocycles. The van der Waals surface area contributed by atoms with Crippen LogP contribution in [0.15, 0.2) is 12.3 Å². The topological polar surface area (TPSA) is 68.5 Å². The maximum absolute atomic E-state index is 11.6. The predicted molar refractivity (Wildman–Crippen MR) is 73.0 cm³/mol. The first-order chi connectivity index (χ1) is 9.19. The molecule has 19 heavy (non-hydrogen) atoms. The van der Waals surface area contributed by atoms with Gasteiger partial charge in [0.15, 0.2) is 0 Å². The van der Waals surface area contributed by atoms with Crippen molar-refractivity contribution in [1.29, 1.82) is 0 Å². The van der Waals surface area contributed by atoms with E-state index in [9.17, 15) is 4.79 Å². The fourth-order valence-corrected chi connectivity index (χ4v) is 3.34. The molecule has 1 aliphatic carbocycles. The molecule has 2 unspecified atom stereocenters. The molecule has 1 aromatic heterocycles. The molecule has 0 amide bonds. The average molecular weight is 261 g/mol. The highest BCUT2D eigenvalue weighted by atomic mass is 16.5. The van der Waals surface area contributed by atoms with E-state index in [1.54, 1.807) is 12.3 Å². The fourth-order valence-electron chi connectivity index (χ4n) is 3.34. The van der Waals surface area contributed by atoms with Gasteiger partial charge in [0.1, 0.15) is 5.82 Å². The smallest absolute Gasteiger partial charge is 0.340 e. The summed E-state index contributed by atoms with van der Waals surface area (Å²) in [7, 11) is 1.36. The Hall–Kier alpha value is -1.78. The molecular weight excluding hydrogens is 242 g/mol. The van der Waals surface area contributed by atoms with E-state index in [-0.39, 0.29) is 0 Å². The van der Waals surface area contributed by atoms with Crippen LogP contribution < -0.4 is 10.6 Å². The number of carbonyl (C=O) groups is 1. The SMILES string of the molecule is COC(=O)c1cc(N2CC3CCCC3C2)ncc1N. The molecule has 2 fully saturated rings. The number of nitrogen functional groups attached to an aromatic ring is 1. The second-order valence-corrected chi connectivity index (χ2v) is 5.48. The Morgan fingerprint density at radius 3 is 2.74 bits per heavy atom. The third-order valence-electron chi connectivity index (χ3n) is 4.38. The third kappa shape index (κ3) is 2.13. The van der Waals surface area contributed by atoms with Gasteiger partial charge in [0.05, 0.1) is 24.6 Å². The molecule has 5 nitrogen and oxygen atoms in total. The lowest BCUT2D eigenvalue weighted by molar-refractivity contribution is 0.0602. The molecule has 0 spiro atoms. The minimum atomic E-state index is -0.402. The predicted octanol–water partition coefficient (Wildman–Crippen LogP) is 1.69. The summed E-state index contributed by atoms with van der Waals surface area (Å²) < 4.78 is 4.74. The summed E-state index contributed by atoms with van der Waals surface area (Å²) in [4.78, 5) is 18.3. The number of ether oxygens (including phenoxy) is 1. The normalized spacial score (nSPS) is 25.4. The molecule has 2 atom stereocenters. The van der Waals surface area contributed by atoms with Crippen molar-refractivity contribution in [3.63, 3.8) is 0 Å². The third-order valence-corrected chi connectivity index (χ3v) is 4.38. The van der Waals surface area contributed by atoms with Crippen LogP contribution in [0.4, 0.5) is 11.5 Å². The Bertz CT molecular complexity index is 491. The number of anilines is 2. The summed E-state index contributed by atoms with van der Waals surface area (Å²) in [6, 6.07) is 1.75. The van der Waals surface area contributed by atoms with Crippen LogP contribution in [-0.4, -0.2) is 31.2 Å². The summed E-state index contributed by atoms with van der Waals surface area (Å²) in [5, 5.41) is 0. The van der Waals surface area contributed by atoms with Crippen LogP contribution in [-0.2, 0) is 4.74 Å². The lowest BCUT2D eigenvalue weighted by Gasteiger charge is -2.19. The number of methoxy groups -OCH3 is 1. The number of esters is 1. The van der Waals surface area contributed by atoms with E-state index >= 15 is 0 Å². The number of carbonyl (C=O) groups excluding carboxylic acids is 1. The molecule has 2 N–H and O–H groups in total. The molecule has 1 saturated heterocycles. The first-order valence-electron chi connectivity index (χ1n) is 6.78. The van der Waals surface area contributed by atoms with Crippen molar-refractivity contribution in [3.8, 4) is 0 Å². The Morgan fingerprint density at radius 2 is 2.11 bits per heavy atom. The van der Waals surface area contributed by atoms with E-state index in [0.717, 1.165) is 30.7 Å². The number of aromatic nitrogens is 1. The molecule has 2 aliphatic rings. The van der Waals surface area contributed by atoms with Gasteiger partial charge in [-0.1, -0.05) is 6.42 Å². The summed E-state index contributed by atoms with van der Waals surface area (Å²) in [6.07, 6.45) is 5.54. The van der Waals surface area contributed by atoms with Gasteiger partial charge in [0, 0.05) is 13.1 Å². The molecular formula is C14H19N3O2. The lowest BCUT2D eigenvalue weighted by Crippen LogP contribution is -2.22. The molecule has 1 aromatic rings. The Kier molecular flexibility index (Phi) is 3.05. The highest BCUT2D eigenvalue weighted by molar-refractivity contribution is 5.95. The first kappa shape index (κ1) is 12.3. The van der Waals surface area contributed by atoms with E-state index in [4.69, 9.17) is 10.5 Å². The summed E-state index contributed by atoms with van der Waals surface area (Å²) in [6.45, 7) is 2.09.